The fraction of sp³-hybridized carbons (Fsp3) is 1.00. The highest BCUT2D eigenvalue weighted by atomic mass is 14.9. The standard InChI is InChI=1S/C11H25N/c1-6-7-8-11(3,4)9-10(2)12-5/h10,12H,6-9H2,1-5H3/t10-/m1/s1. The lowest BCUT2D eigenvalue weighted by atomic mass is 9.81. The van der Waals surface area contributed by atoms with Crippen molar-refractivity contribution >= 4 is 0 Å². The normalized spacial score (nSPS) is 14.8. The van der Waals surface area contributed by atoms with Gasteiger partial charge in [-0.05, 0) is 32.2 Å². The van der Waals surface area contributed by atoms with Crippen LogP contribution in [0.1, 0.15) is 53.4 Å². The van der Waals surface area contributed by atoms with Gasteiger partial charge in [-0.15, -0.1) is 0 Å². The van der Waals surface area contributed by atoms with Gasteiger partial charge in [0.1, 0.15) is 0 Å². The maximum absolute atomic E-state index is 3.30. The molecule has 0 aliphatic rings. The second-order valence-electron chi connectivity index (χ2n) is 4.66. The Hall–Kier alpha value is -0.0400. The number of rotatable bonds is 6. The van der Waals surface area contributed by atoms with Gasteiger partial charge in [-0.25, -0.2) is 0 Å². The van der Waals surface area contributed by atoms with Gasteiger partial charge >= 0.3 is 0 Å². The van der Waals surface area contributed by atoms with E-state index in [1.54, 1.807) is 0 Å². The quantitative estimate of drug-likeness (QED) is 0.647. The summed E-state index contributed by atoms with van der Waals surface area (Å²) >= 11 is 0. The molecule has 1 N–H and O–H groups in total. The van der Waals surface area contributed by atoms with E-state index in [0.29, 0.717) is 11.5 Å². The van der Waals surface area contributed by atoms with E-state index in [1.165, 1.54) is 25.7 Å². The molecule has 0 aromatic rings. The Kier molecular flexibility index (Phi) is 5.56. The molecule has 0 saturated carbocycles. The van der Waals surface area contributed by atoms with Crippen molar-refractivity contribution in [2.45, 2.75) is 59.4 Å². The molecule has 0 aromatic carbocycles. The molecule has 0 rings (SSSR count). The number of unbranched alkanes of at least 4 members (excludes halogenated alkanes) is 1. The zero-order valence-corrected chi connectivity index (χ0v) is 9.41. The third-order valence-electron chi connectivity index (χ3n) is 2.56. The van der Waals surface area contributed by atoms with Gasteiger partial charge in [0.15, 0.2) is 0 Å². The zero-order valence-electron chi connectivity index (χ0n) is 9.41. The van der Waals surface area contributed by atoms with Crippen LogP contribution in [0.3, 0.4) is 0 Å². The van der Waals surface area contributed by atoms with E-state index in [2.05, 4.69) is 33.0 Å². The summed E-state index contributed by atoms with van der Waals surface area (Å²) in [5.74, 6) is 0. The fourth-order valence-corrected chi connectivity index (χ4v) is 1.69. The van der Waals surface area contributed by atoms with Crippen molar-refractivity contribution < 1.29 is 0 Å². The Labute approximate surface area is 77.9 Å². The Morgan fingerprint density at radius 3 is 2.33 bits per heavy atom. The Bertz CT molecular complexity index is 108. The van der Waals surface area contributed by atoms with E-state index in [-0.39, 0.29) is 0 Å². The largest absolute Gasteiger partial charge is 0.317 e. The average Bonchev–Trinajstić information content (AvgIpc) is 2.00. The summed E-state index contributed by atoms with van der Waals surface area (Å²) in [4.78, 5) is 0. The predicted octanol–water partition coefficient (Wildman–Crippen LogP) is 3.20. The van der Waals surface area contributed by atoms with Crippen LogP contribution in [0.2, 0.25) is 0 Å². The van der Waals surface area contributed by atoms with E-state index in [9.17, 15) is 0 Å². The summed E-state index contributed by atoms with van der Waals surface area (Å²) in [6.45, 7) is 9.26. The van der Waals surface area contributed by atoms with Crippen LogP contribution in [0.15, 0.2) is 0 Å². The third kappa shape index (κ3) is 5.59. The lowest BCUT2D eigenvalue weighted by Crippen LogP contribution is -2.28. The molecule has 74 valence electrons. The summed E-state index contributed by atoms with van der Waals surface area (Å²) in [7, 11) is 2.04. The van der Waals surface area contributed by atoms with Crippen LogP contribution in [-0.2, 0) is 0 Å². The molecule has 0 aromatic heterocycles. The molecule has 0 radical (unpaired) electrons. The highest BCUT2D eigenvalue weighted by Gasteiger charge is 2.19. The first-order valence-electron chi connectivity index (χ1n) is 5.19. The lowest BCUT2D eigenvalue weighted by molar-refractivity contribution is 0.266. The molecule has 0 bridgehead atoms. The summed E-state index contributed by atoms with van der Waals surface area (Å²) in [6.07, 6.45) is 5.32. The molecule has 0 saturated heterocycles. The van der Waals surface area contributed by atoms with Gasteiger partial charge in [-0.1, -0.05) is 33.6 Å². The number of nitrogens with one attached hydrogen (secondary N) is 1. The topological polar surface area (TPSA) is 12.0 Å². The van der Waals surface area contributed by atoms with Crippen LogP contribution < -0.4 is 5.32 Å². The molecule has 0 aliphatic heterocycles. The molecular weight excluding hydrogens is 146 g/mol. The van der Waals surface area contributed by atoms with Crippen LogP contribution >= 0.6 is 0 Å². The lowest BCUT2D eigenvalue weighted by Gasteiger charge is -2.27. The monoisotopic (exact) mass is 171 g/mol. The van der Waals surface area contributed by atoms with Crippen LogP contribution in [0.5, 0.6) is 0 Å². The van der Waals surface area contributed by atoms with Crippen molar-refractivity contribution in [3.63, 3.8) is 0 Å². The van der Waals surface area contributed by atoms with E-state index in [1.807, 2.05) is 7.05 Å². The van der Waals surface area contributed by atoms with Crippen molar-refractivity contribution in [1.82, 2.24) is 5.32 Å². The van der Waals surface area contributed by atoms with Crippen LogP contribution in [0.25, 0.3) is 0 Å². The second-order valence-corrected chi connectivity index (χ2v) is 4.66. The van der Waals surface area contributed by atoms with Gasteiger partial charge in [0.05, 0.1) is 0 Å². The maximum Gasteiger partial charge on any atom is 0.00408 e. The van der Waals surface area contributed by atoms with E-state index < -0.39 is 0 Å². The molecule has 0 heterocycles. The van der Waals surface area contributed by atoms with Gasteiger partial charge < -0.3 is 5.32 Å². The highest BCUT2D eigenvalue weighted by Crippen LogP contribution is 2.28. The second kappa shape index (κ2) is 5.58. The average molecular weight is 171 g/mol. The predicted molar refractivity (Wildman–Crippen MR) is 56.4 cm³/mol. The summed E-state index contributed by atoms with van der Waals surface area (Å²) in [5.41, 5.74) is 0.512. The molecule has 12 heavy (non-hydrogen) atoms. The molecule has 0 amide bonds. The Balaban J connectivity index is 3.69. The van der Waals surface area contributed by atoms with Crippen LogP contribution in [0, 0.1) is 5.41 Å². The van der Waals surface area contributed by atoms with Gasteiger partial charge in [0, 0.05) is 6.04 Å². The SMILES string of the molecule is CCCCC(C)(C)C[C@@H](C)NC. The number of hydrogen-bond acceptors (Lipinski definition) is 1. The molecular formula is C11H25N. The van der Waals surface area contributed by atoms with Crippen molar-refractivity contribution in [2.75, 3.05) is 7.05 Å². The molecule has 0 spiro atoms. The zero-order chi connectivity index (χ0) is 9.61. The molecule has 0 unspecified atom stereocenters. The van der Waals surface area contributed by atoms with E-state index >= 15 is 0 Å². The third-order valence-corrected chi connectivity index (χ3v) is 2.56. The smallest absolute Gasteiger partial charge is 0.00408 e. The first kappa shape index (κ1) is 12.0. The summed E-state index contributed by atoms with van der Waals surface area (Å²) < 4.78 is 0. The summed E-state index contributed by atoms with van der Waals surface area (Å²) in [6, 6.07) is 0.650. The van der Waals surface area contributed by atoms with E-state index in [0.717, 1.165) is 0 Å². The van der Waals surface area contributed by atoms with Gasteiger partial charge in [0.2, 0.25) is 0 Å². The van der Waals surface area contributed by atoms with Gasteiger partial charge in [-0.3, -0.25) is 0 Å². The number of hydrogen-bond donors (Lipinski definition) is 1. The first-order chi connectivity index (χ1) is 5.52. The summed E-state index contributed by atoms with van der Waals surface area (Å²) in [5, 5.41) is 3.30. The highest BCUT2D eigenvalue weighted by molar-refractivity contribution is 4.73. The van der Waals surface area contributed by atoms with Crippen LogP contribution in [-0.4, -0.2) is 13.1 Å². The minimum atomic E-state index is 0.512. The van der Waals surface area contributed by atoms with Gasteiger partial charge in [-0.2, -0.15) is 0 Å². The fourth-order valence-electron chi connectivity index (χ4n) is 1.69. The Morgan fingerprint density at radius 2 is 1.92 bits per heavy atom. The van der Waals surface area contributed by atoms with Crippen LogP contribution in [0.4, 0.5) is 0 Å². The molecule has 1 nitrogen and oxygen atoms in total. The van der Waals surface area contributed by atoms with Gasteiger partial charge in [0.25, 0.3) is 0 Å². The molecule has 0 fully saturated rings. The van der Waals surface area contributed by atoms with Crippen molar-refractivity contribution in [2.24, 2.45) is 5.41 Å². The van der Waals surface area contributed by atoms with Crippen molar-refractivity contribution in [3.8, 4) is 0 Å². The molecule has 0 aliphatic carbocycles. The first-order valence-corrected chi connectivity index (χ1v) is 5.19. The maximum atomic E-state index is 3.30. The van der Waals surface area contributed by atoms with Crippen molar-refractivity contribution in [3.05, 3.63) is 0 Å². The van der Waals surface area contributed by atoms with Crippen molar-refractivity contribution in [1.29, 1.82) is 0 Å². The van der Waals surface area contributed by atoms with E-state index in [4.69, 9.17) is 0 Å². The molecule has 1 heteroatoms. The minimum Gasteiger partial charge on any atom is -0.317 e. The minimum absolute atomic E-state index is 0.512. The molecule has 1 atom stereocenters. The Morgan fingerprint density at radius 1 is 1.33 bits per heavy atom.